The Kier molecular flexibility index (Phi) is 5.99. The summed E-state index contributed by atoms with van der Waals surface area (Å²) >= 11 is 0. The third kappa shape index (κ3) is 4.08. The summed E-state index contributed by atoms with van der Waals surface area (Å²) in [5.41, 5.74) is 0.840. The molecule has 1 atom stereocenters. The third-order valence-electron chi connectivity index (χ3n) is 4.42. The van der Waals surface area contributed by atoms with Gasteiger partial charge in [-0.15, -0.1) is 0 Å². The van der Waals surface area contributed by atoms with E-state index < -0.39 is 28.7 Å². The predicted molar refractivity (Wildman–Crippen MR) is 103 cm³/mol. The van der Waals surface area contributed by atoms with E-state index >= 15 is 0 Å². The SMILES string of the molecule is CNC[C@@H](O)CCN1Cc2cc(F)ccc2N(c2ccccc2F)S1(O)O. The van der Waals surface area contributed by atoms with E-state index in [1.54, 1.807) is 13.1 Å². The first kappa shape index (κ1) is 20.0. The molecule has 148 valence electrons. The molecule has 0 saturated heterocycles. The lowest BCUT2D eigenvalue weighted by Gasteiger charge is -2.54. The minimum atomic E-state index is -3.60. The Balaban J connectivity index is 2.01. The monoisotopic (exact) mass is 399 g/mol. The van der Waals surface area contributed by atoms with Crippen molar-refractivity contribution in [2.24, 2.45) is 0 Å². The van der Waals surface area contributed by atoms with Crippen molar-refractivity contribution in [3.8, 4) is 0 Å². The number of fused-ring (bicyclic) bond motifs is 1. The van der Waals surface area contributed by atoms with Gasteiger partial charge in [-0.2, -0.15) is 4.31 Å². The van der Waals surface area contributed by atoms with Crippen LogP contribution in [0.1, 0.15) is 12.0 Å². The molecule has 1 aliphatic heterocycles. The number of para-hydroxylation sites is 1. The third-order valence-corrected chi connectivity index (χ3v) is 6.31. The first-order chi connectivity index (χ1) is 12.8. The van der Waals surface area contributed by atoms with Gasteiger partial charge in [0.1, 0.15) is 11.6 Å². The number of hydrogen-bond donors (Lipinski definition) is 4. The van der Waals surface area contributed by atoms with Crippen LogP contribution in [-0.2, 0) is 6.54 Å². The normalized spacial score (nSPS) is 18.8. The van der Waals surface area contributed by atoms with Crippen molar-refractivity contribution < 1.29 is 23.0 Å². The molecule has 9 heteroatoms. The van der Waals surface area contributed by atoms with Crippen molar-refractivity contribution in [1.82, 2.24) is 9.62 Å². The van der Waals surface area contributed by atoms with E-state index in [1.807, 2.05) is 0 Å². The van der Waals surface area contributed by atoms with Gasteiger partial charge in [-0.05, 0) is 60.3 Å². The Morgan fingerprint density at radius 3 is 2.59 bits per heavy atom. The van der Waals surface area contributed by atoms with E-state index in [4.69, 9.17) is 0 Å². The average Bonchev–Trinajstić information content (AvgIpc) is 2.61. The van der Waals surface area contributed by atoms with Crippen LogP contribution in [0.4, 0.5) is 20.2 Å². The van der Waals surface area contributed by atoms with E-state index in [0.717, 1.165) is 4.31 Å². The number of nitrogens with one attached hydrogen (secondary N) is 1. The van der Waals surface area contributed by atoms with Crippen LogP contribution in [-0.4, -0.2) is 44.8 Å². The first-order valence-corrected chi connectivity index (χ1v) is 10.00. The highest BCUT2D eigenvalue weighted by Gasteiger charge is 2.39. The molecule has 2 aromatic rings. The number of likely N-dealkylation sites (N-methyl/N-ethyl adjacent to an activating group) is 1. The Hall–Kier alpha value is -1.75. The fourth-order valence-electron chi connectivity index (χ4n) is 3.11. The highest BCUT2D eigenvalue weighted by molar-refractivity contribution is 8.23. The number of aliphatic hydroxyl groups excluding tert-OH is 1. The molecule has 0 saturated carbocycles. The van der Waals surface area contributed by atoms with Crippen LogP contribution >= 0.6 is 11.0 Å². The molecule has 0 aliphatic carbocycles. The lowest BCUT2D eigenvalue weighted by molar-refractivity contribution is 0.152. The van der Waals surface area contributed by atoms with Gasteiger partial charge in [-0.25, -0.2) is 13.1 Å². The van der Waals surface area contributed by atoms with Gasteiger partial charge < -0.3 is 10.4 Å². The van der Waals surface area contributed by atoms with Crippen LogP contribution in [0, 0.1) is 11.6 Å². The van der Waals surface area contributed by atoms with Crippen LogP contribution in [0.5, 0.6) is 0 Å². The molecule has 0 fully saturated rings. The molecule has 0 aromatic heterocycles. The fourth-order valence-corrected chi connectivity index (χ4v) is 4.86. The summed E-state index contributed by atoms with van der Waals surface area (Å²) in [4.78, 5) is 0. The van der Waals surface area contributed by atoms with Crippen LogP contribution in [0.2, 0.25) is 0 Å². The van der Waals surface area contributed by atoms with E-state index in [0.29, 0.717) is 17.8 Å². The van der Waals surface area contributed by atoms with Gasteiger partial charge in [0.2, 0.25) is 0 Å². The maximum Gasteiger partial charge on any atom is 0.148 e. The summed E-state index contributed by atoms with van der Waals surface area (Å²) in [6.07, 6.45) is -0.409. The Morgan fingerprint density at radius 2 is 1.89 bits per heavy atom. The highest BCUT2D eigenvalue weighted by atomic mass is 32.3. The minimum Gasteiger partial charge on any atom is -0.392 e. The second-order valence-corrected chi connectivity index (χ2v) is 8.23. The van der Waals surface area contributed by atoms with Crippen molar-refractivity contribution in [2.75, 3.05) is 24.4 Å². The second-order valence-electron chi connectivity index (χ2n) is 6.37. The van der Waals surface area contributed by atoms with Gasteiger partial charge >= 0.3 is 0 Å². The molecule has 0 amide bonds. The number of nitrogens with zero attached hydrogens (tertiary/aromatic N) is 2. The summed E-state index contributed by atoms with van der Waals surface area (Å²) < 4.78 is 52.6. The van der Waals surface area contributed by atoms with Gasteiger partial charge in [0.05, 0.1) is 17.5 Å². The summed E-state index contributed by atoms with van der Waals surface area (Å²) in [6, 6.07) is 9.68. The number of benzene rings is 2. The summed E-state index contributed by atoms with van der Waals surface area (Å²) in [7, 11) is -1.90. The van der Waals surface area contributed by atoms with E-state index in [9.17, 15) is 23.0 Å². The number of aliphatic hydroxyl groups is 1. The average molecular weight is 399 g/mol. The van der Waals surface area contributed by atoms with Crippen molar-refractivity contribution >= 4 is 22.3 Å². The van der Waals surface area contributed by atoms with Crippen molar-refractivity contribution in [2.45, 2.75) is 19.1 Å². The zero-order valence-corrected chi connectivity index (χ0v) is 15.7. The van der Waals surface area contributed by atoms with Gasteiger partial charge in [0.25, 0.3) is 0 Å². The maximum absolute atomic E-state index is 14.4. The van der Waals surface area contributed by atoms with Crippen molar-refractivity contribution in [3.63, 3.8) is 0 Å². The van der Waals surface area contributed by atoms with Gasteiger partial charge in [-0.3, -0.25) is 9.11 Å². The summed E-state index contributed by atoms with van der Waals surface area (Å²) in [5, 5.41) is 12.8. The molecule has 2 aromatic carbocycles. The fraction of sp³-hybridized carbons (Fsp3) is 0.333. The van der Waals surface area contributed by atoms with E-state index in [2.05, 4.69) is 5.32 Å². The highest BCUT2D eigenvalue weighted by Crippen LogP contribution is 2.59. The number of halogens is 2. The minimum absolute atomic E-state index is 0.00849. The molecule has 1 aliphatic rings. The molecule has 27 heavy (non-hydrogen) atoms. The lowest BCUT2D eigenvalue weighted by Crippen LogP contribution is -2.43. The van der Waals surface area contributed by atoms with Gasteiger partial charge in [-0.1, -0.05) is 12.1 Å². The van der Waals surface area contributed by atoms with E-state index in [-0.39, 0.29) is 25.2 Å². The number of rotatable bonds is 6. The summed E-state index contributed by atoms with van der Waals surface area (Å²) in [6.45, 7) is 0.577. The topological polar surface area (TPSA) is 79.2 Å². The molecular formula is C18H23F2N3O3S. The largest absolute Gasteiger partial charge is 0.392 e. The Bertz CT molecular complexity index is 809. The van der Waals surface area contributed by atoms with Crippen LogP contribution < -0.4 is 9.62 Å². The van der Waals surface area contributed by atoms with Crippen LogP contribution in [0.15, 0.2) is 42.5 Å². The molecule has 1 heterocycles. The smallest absolute Gasteiger partial charge is 0.148 e. The molecule has 6 nitrogen and oxygen atoms in total. The predicted octanol–water partition coefficient (Wildman–Crippen LogP) is 3.47. The molecule has 0 radical (unpaired) electrons. The maximum atomic E-state index is 14.4. The Morgan fingerprint density at radius 1 is 1.15 bits per heavy atom. The van der Waals surface area contributed by atoms with Crippen molar-refractivity contribution in [3.05, 3.63) is 59.7 Å². The quantitative estimate of drug-likeness (QED) is 0.596. The van der Waals surface area contributed by atoms with Gasteiger partial charge in [0.15, 0.2) is 0 Å². The number of anilines is 2. The van der Waals surface area contributed by atoms with Gasteiger partial charge in [0, 0.05) is 19.6 Å². The van der Waals surface area contributed by atoms with Crippen LogP contribution in [0.25, 0.3) is 0 Å². The van der Waals surface area contributed by atoms with E-state index in [1.165, 1.54) is 40.7 Å². The van der Waals surface area contributed by atoms with Crippen LogP contribution in [0.3, 0.4) is 0 Å². The zero-order valence-electron chi connectivity index (χ0n) is 14.8. The molecule has 0 bridgehead atoms. The second kappa shape index (κ2) is 8.09. The molecular weight excluding hydrogens is 376 g/mol. The molecule has 3 rings (SSSR count). The Labute approximate surface area is 158 Å². The standard InChI is InChI=1S/C18H23F2N3O3S/c1-21-11-15(24)8-9-22-12-13-10-14(19)6-7-17(13)23(27(22,25)26)18-5-3-2-4-16(18)20/h2-7,10,15,21,24-26H,8-9,11-12H2,1H3/t15-/m0/s1. The first-order valence-electron chi connectivity index (χ1n) is 8.54. The van der Waals surface area contributed by atoms with Crippen molar-refractivity contribution in [1.29, 1.82) is 0 Å². The molecule has 0 spiro atoms. The molecule has 0 unspecified atom stereocenters. The molecule has 4 N–H and O–H groups in total. The zero-order chi connectivity index (χ0) is 19.6. The summed E-state index contributed by atoms with van der Waals surface area (Å²) in [5.74, 6) is -1.08. The number of hydrogen-bond acceptors (Lipinski definition) is 6. The lowest BCUT2D eigenvalue weighted by atomic mass is 10.1.